The SMILES string of the molecule is FC(F)On1c(=S)[nH]c2ccccc21. The summed E-state index contributed by atoms with van der Waals surface area (Å²) < 4.78 is 25.0. The summed E-state index contributed by atoms with van der Waals surface area (Å²) in [5.74, 6) is 0. The maximum absolute atomic E-state index is 12.0. The predicted octanol–water partition coefficient (Wildman–Crippen LogP) is 2.35. The van der Waals surface area contributed by atoms with Gasteiger partial charge in [0.25, 0.3) is 0 Å². The largest absolute Gasteiger partial charge is 0.405 e. The Kier molecular flexibility index (Phi) is 2.20. The molecule has 0 saturated heterocycles. The van der Waals surface area contributed by atoms with Gasteiger partial charge < -0.3 is 9.82 Å². The van der Waals surface area contributed by atoms with Crippen molar-refractivity contribution in [2.24, 2.45) is 0 Å². The Morgan fingerprint density at radius 3 is 2.79 bits per heavy atom. The summed E-state index contributed by atoms with van der Waals surface area (Å²) >= 11 is 4.82. The zero-order valence-electron chi connectivity index (χ0n) is 6.91. The molecule has 0 saturated carbocycles. The number of hydrogen-bond acceptors (Lipinski definition) is 2. The first-order valence-electron chi connectivity index (χ1n) is 3.83. The van der Waals surface area contributed by atoms with Crippen LogP contribution in [-0.2, 0) is 0 Å². The van der Waals surface area contributed by atoms with Crippen LogP contribution in [0, 0.1) is 4.77 Å². The molecule has 6 heteroatoms. The maximum atomic E-state index is 12.0. The average Bonchev–Trinajstić information content (AvgIpc) is 2.43. The van der Waals surface area contributed by atoms with Crippen LogP contribution >= 0.6 is 12.2 Å². The fraction of sp³-hybridized carbons (Fsp3) is 0.125. The van der Waals surface area contributed by atoms with Gasteiger partial charge in [0.1, 0.15) is 5.52 Å². The lowest BCUT2D eigenvalue weighted by atomic mass is 10.3. The summed E-state index contributed by atoms with van der Waals surface area (Å²) in [6, 6.07) is 6.87. The highest BCUT2D eigenvalue weighted by molar-refractivity contribution is 7.71. The number of benzene rings is 1. The highest BCUT2D eigenvalue weighted by atomic mass is 32.1. The van der Waals surface area contributed by atoms with Crippen LogP contribution in [0.2, 0.25) is 0 Å². The monoisotopic (exact) mass is 216 g/mol. The van der Waals surface area contributed by atoms with Gasteiger partial charge >= 0.3 is 6.61 Å². The normalized spacial score (nSPS) is 11.1. The van der Waals surface area contributed by atoms with Crippen molar-refractivity contribution in [1.82, 2.24) is 9.71 Å². The van der Waals surface area contributed by atoms with Crippen molar-refractivity contribution in [3.8, 4) is 0 Å². The molecule has 1 N–H and O–H groups in total. The third-order valence-electron chi connectivity index (χ3n) is 1.73. The van der Waals surface area contributed by atoms with Gasteiger partial charge in [-0.3, -0.25) is 0 Å². The Balaban J connectivity index is 2.62. The Hall–Kier alpha value is -1.43. The standard InChI is InChI=1S/C8H6F2N2OS/c9-7(10)13-12-6-4-2-1-3-5(6)11-8(12)14/h1-4,7H,(H,11,14). The Bertz CT molecular complexity index is 505. The predicted molar refractivity (Wildman–Crippen MR) is 49.7 cm³/mol. The minimum atomic E-state index is -2.89. The molecule has 0 fully saturated rings. The number of fused-ring (bicyclic) bond motifs is 1. The number of aromatic nitrogens is 2. The molecule has 0 aliphatic carbocycles. The molecule has 1 aromatic carbocycles. The van der Waals surface area contributed by atoms with E-state index in [4.69, 9.17) is 12.2 Å². The van der Waals surface area contributed by atoms with Gasteiger partial charge in [-0.15, -0.1) is 4.73 Å². The summed E-state index contributed by atoms with van der Waals surface area (Å²) in [4.78, 5) is 7.00. The van der Waals surface area contributed by atoms with Crippen LogP contribution in [0.1, 0.15) is 0 Å². The zero-order chi connectivity index (χ0) is 10.1. The van der Waals surface area contributed by atoms with Crippen molar-refractivity contribution in [1.29, 1.82) is 0 Å². The Morgan fingerprint density at radius 1 is 1.36 bits per heavy atom. The van der Waals surface area contributed by atoms with E-state index in [1.165, 1.54) is 0 Å². The number of imidazole rings is 1. The molecule has 14 heavy (non-hydrogen) atoms. The first kappa shape index (κ1) is 9.14. The van der Waals surface area contributed by atoms with Crippen molar-refractivity contribution in [3.63, 3.8) is 0 Å². The third-order valence-corrected chi connectivity index (χ3v) is 2.00. The summed E-state index contributed by atoms with van der Waals surface area (Å²) in [6.45, 7) is -2.89. The van der Waals surface area contributed by atoms with Crippen molar-refractivity contribution < 1.29 is 13.6 Å². The molecule has 0 atom stereocenters. The molecule has 74 valence electrons. The van der Waals surface area contributed by atoms with E-state index in [9.17, 15) is 8.78 Å². The van der Waals surface area contributed by atoms with E-state index in [2.05, 4.69) is 9.82 Å². The molecule has 0 radical (unpaired) electrons. The van der Waals surface area contributed by atoms with Gasteiger partial charge in [0.15, 0.2) is 0 Å². The van der Waals surface area contributed by atoms with E-state index >= 15 is 0 Å². The summed E-state index contributed by atoms with van der Waals surface area (Å²) in [6.07, 6.45) is 0. The number of halogens is 2. The molecule has 1 aromatic heterocycles. The molecule has 2 aromatic rings. The summed E-state index contributed by atoms with van der Waals surface area (Å²) in [5, 5.41) is 0. The number of rotatable bonds is 2. The molecule has 0 aliphatic rings. The van der Waals surface area contributed by atoms with Gasteiger partial charge in [0, 0.05) is 0 Å². The van der Waals surface area contributed by atoms with Crippen molar-refractivity contribution >= 4 is 23.3 Å². The van der Waals surface area contributed by atoms with Gasteiger partial charge in [0.05, 0.1) is 5.52 Å². The summed E-state index contributed by atoms with van der Waals surface area (Å²) in [5.41, 5.74) is 1.16. The molecular weight excluding hydrogens is 210 g/mol. The van der Waals surface area contributed by atoms with Crippen LogP contribution in [0.25, 0.3) is 11.0 Å². The first-order chi connectivity index (χ1) is 6.68. The van der Waals surface area contributed by atoms with Gasteiger partial charge in [-0.1, -0.05) is 12.1 Å². The number of H-pyrrole nitrogens is 1. The minimum Gasteiger partial charge on any atom is -0.341 e. The van der Waals surface area contributed by atoms with Crippen LogP contribution in [0.4, 0.5) is 8.78 Å². The van der Waals surface area contributed by atoms with Crippen LogP contribution in [0.5, 0.6) is 0 Å². The molecule has 0 bridgehead atoms. The third kappa shape index (κ3) is 1.48. The molecule has 0 amide bonds. The van der Waals surface area contributed by atoms with Gasteiger partial charge in [0.2, 0.25) is 4.77 Å². The van der Waals surface area contributed by atoms with E-state index < -0.39 is 6.61 Å². The lowest BCUT2D eigenvalue weighted by Gasteiger charge is -2.04. The van der Waals surface area contributed by atoms with E-state index in [1.807, 2.05) is 0 Å². The molecule has 0 unspecified atom stereocenters. The van der Waals surface area contributed by atoms with E-state index in [1.54, 1.807) is 24.3 Å². The van der Waals surface area contributed by atoms with Crippen LogP contribution in [0.3, 0.4) is 0 Å². The van der Waals surface area contributed by atoms with Gasteiger partial charge in [-0.05, 0) is 24.4 Å². The minimum absolute atomic E-state index is 0.117. The van der Waals surface area contributed by atoms with E-state index in [0.29, 0.717) is 11.0 Å². The molecule has 0 spiro atoms. The maximum Gasteiger partial charge on any atom is 0.405 e. The lowest BCUT2D eigenvalue weighted by molar-refractivity contribution is -0.130. The highest BCUT2D eigenvalue weighted by Crippen LogP contribution is 2.12. The fourth-order valence-corrected chi connectivity index (χ4v) is 1.47. The molecule has 3 nitrogen and oxygen atoms in total. The average molecular weight is 216 g/mol. The summed E-state index contributed by atoms with van der Waals surface area (Å²) in [7, 11) is 0. The van der Waals surface area contributed by atoms with Crippen LogP contribution in [-0.4, -0.2) is 16.3 Å². The topological polar surface area (TPSA) is 29.9 Å². The molecule has 0 aliphatic heterocycles. The fourth-order valence-electron chi connectivity index (χ4n) is 1.22. The smallest absolute Gasteiger partial charge is 0.341 e. The Labute approximate surface area is 82.9 Å². The number of alkyl halides is 2. The number of nitrogens with one attached hydrogen (secondary N) is 1. The van der Waals surface area contributed by atoms with Crippen molar-refractivity contribution in [2.45, 2.75) is 6.61 Å². The zero-order valence-corrected chi connectivity index (χ0v) is 7.72. The van der Waals surface area contributed by atoms with Crippen LogP contribution < -0.4 is 4.84 Å². The number of para-hydroxylation sites is 2. The number of aromatic amines is 1. The van der Waals surface area contributed by atoms with Crippen LogP contribution in [0.15, 0.2) is 24.3 Å². The van der Waals surface area contributed by atoms with Crippen molar-refractivity contribution in [2.75, 3.05) is 0 Å². The van der Waals surface area contributed by atoms with E-state index in [-0.39, 0.29) is 4.77 Å². The van der Waals surface area contributed by atoms with Gasteiger partial charge in [-0.2, -0.15) is 8.78 Å². The highest BCUT2D eigenvalue weighted by Gasteiger charge is 2.09. The first-order valence-corrected chi connectivity index (χ1v) is 4.24. The second-order valence-corrected chi connectivity index (χ2v) is 2.99. The number of hydrogen-bond donors (Lipinski definition) is 1. The molecule has 2 rings (SSSR count). The molecular formula is C8H6F2N2OS. The van der Waals surface area contributed by atoms with Crippen molar-refractivity contribution in [3.05, 3.63) is 29.0 Å². The second kappa shape index (κ2) is 3.38. The van der Waals surface area contributed by atoms with Gasteiger partial charge in [-0.25, -0.2) is 0 Å². The lowest BCUT2D eigenvalue weighted by Crippen LogP contribution is -2.16. The van der Waals surface area contributed by atoms with E-state index in [0.717, 1.165) is 4.73 Å². The Morgan fingerprint density at radius 2 is 2.07 bits per heavy atom. The quantitative estimate of drug-likeness (QED) is 0.781. The molecule has 1 heterocycles. The number of nitrogens with zero attached hydrogens (tertiary/aromatic N) is 1. The second-order valence-electron chi connectivity index (χ2n) is 2.61.